The highest BCUT2D eigenvalue weighted by Gasteiger charge is 2.26. The van der Waals surface area contributed by atoms with Crippen LogP contribution in [0, 0.1) is 5.92 Å². The maximum Gasteiger partial charge on any atom is 0.307 e. The lowest BCUT2D eigenvalue weighted by atomic mass is 9.81. The monoisotopic (exact) mass is 275 g/mol. The quantitative estimate of drug-likeness (QED) is 0.895. The molecule has 1 aromatic carbocycles. The molecule has 3 nitrogen and oxygen atoms in total. The van der Waals surface area contributed by atoms with E-state index in [4.69, 9.17) is 5.11 Å². The zero-order chi connectivity index (χ0) is 14.5. The topological polar surface area (TPSA) is 40.5 Å². The summed E-state index contributed by atoms with van der Waals surface area (Å²) < 4.78 is 0. The second-order valence-electron chi connectivity index (χ2n) is 6.09. The molecule has 0 bridgehead atoms. The molecule has 0 radical (unpaired) electrons. The predicted octanol–water partition coefficient (Wildman–Crippen LogP) is 3.37. The van der Waals surface area contributed by atoms with Gasteiger partial charge in [-0.2, -0.15) is 0 Å². The van der Waals surface area contributed by atoms with E-state index in [-0.39, 0.29) is 5.92 Å². The first kappa shape index (κ1) is 15.0. The number of carboxylic acids is 1. The Morgan fingerprint density at radius 2 is 1.85 bits per heavy atom. The molecule has 1 fully saturated rings. The molecule has 1 saturated carbocycles. The Labute approximate surface area is 121 Å². The van der Waals surface area contributed by atoms with E-state index in [9.17, 15) is 4.79 Å². The molecule has 0 heterocycles. The van der Waals surface area contributed by atoms with Gasteiger partial charge in [0.05, 0.1) is 5.92 Å². The SMILES string of the molecule is CC(CN(C)C1CCC(c2ccccc2)CC1)C(=O)O. The highest BCUT2D eigenvalue weighted by molar-refractivity contribution is 5.69. The molecule has 0 saturated heterocycles. The molecule has 3 heteroatoms. The van der Waals surface area contributed by atoms with Crippen LogP contribution in [0.1, 0.15) is 44.1 Å². The number of carboxylic acid groups (broad SMARTS) is 1. The van der Waals surface area contributed by atoms with Crippen molar-refractivity contribution >= 4 is 5.97 Å². The molecule has 0 spiro atoms. The van der Waals surface area contributed by atoms with Gasteiger partial charge in [-0.3, -0.25) is 4.79 Å². The second kappa shape index (κ2) is 6.89. The lowest BCUT2D eigenvalue weighted by Gasteiger charge is -2.35. The minimum Gasteiger partial charge on any atom is -0.481 e. The number of carbonyl (C=O) groups is 1. The van der Waals surface area contributed by atoms with Crippen molar-refractivity contribution < 1.29 is 9.90 Å². The van der Waals surface area contributed by atoms with E-state index in [1.165, 1.54) is 31.2 Å². The Morgan fingerprint density at radius 1 is 1.25 bits per heavy atom. The summed E-state index contributed by atoms with van der Waals surface area (Å²) in [6.07, 6.45) is 4.76. The fourth-order valence-corrected chi connectivity index (χ4v) is 3.23. The molecular formula is C17H25NO2. The molecular weight excluding hydrogens is 250 g/mol. The third kappa shape index (κ3) is 3.83. The molecule has 1 aromatic rings. The maximum atomic E-state index is 10.9. The van der Waals surface area contributed by atoms with Crippen molar-refractivity contribution in [3.8, 4) is 0 Å². The number of benzene rings is 1. The lowest BCUT2D eigenvalue weighted by Crippen LogP contribution is -2.39. The van der Waals surface area contributed by atoms with Crippen molar-refractivity contribution in [1.82, 2.24) is 4.90 Å². The number of hydrogen-bond acceptors (Lipinski definition) is 2. The average Bonchev–Trinajstić information content (AvgIpc) is 2.48. The van der Waals surface area contributed by atoms with Crippen molar-refractivity contribution in [2.24, 2.45) is 5.92 Å². The van der Waals surface area contributed by atoms with Crippen LogP contribution in [0.15, 0.2) is 30.3 Å². The van der Waals surface area contributed by atoms with Gasteiger partial charge in [0.15, 0.2) is 0 Å². The molecule has 1 N–H and O–H groups in total. The summed E-state index contributed by atoms with van der Waals surface area (Å²) in [6.45, 7) is 2.43. The summed E-state index contributed by atoms with van der Waals surface area (Å²) in [5.41, 5.74) is 1.45. The Hall–Kier alpha value is -1.35. The Kier molecular flexibility index (Phi) is 5.18. The minimum absolute atomic E-state index is 0.285. The van der Waals surface area contributed by atoms with Crippen LogP contribution in [0.2, 0.25) is 0 Å². The molecule has 20 heavy (non-hydrogen) atoms. The van der Waals surface area contributed by atoms with Crippen LogP contribution >= 0.6 is 0 Å². The summed E-state index contributed by atoms with van der Waals surface area (Å²) in [5, 5.41) is 8.99. The molecule has 1 atom stereocenters. The van der Waals surface area contributed by atoms with E-state index >= 15 is 0 Å². The largest absolute Gasteiger partial charge is 0.481 e. The van der Waals surface area contributed by atoms with Crippen LogP contribution < -0.4 is 0 Å². The van der Waals surface area contributed by atoms with Crippen LogP contribution in [-0.4, -0.2) is 35.6 Å². The highest BCUT2D eigenvalue weighted by atomic mass is 16.4. The molecule has 110 valence electrons. The molecule has 0 amide bonds. The molecule has 0 aromatic heterocycles. The first-order valence-corrected chi connectivity index (χ1v) is 7.56. The van der Waals surface area contributed by atoms with Gasteiger partial charge >= 0.3 is 5.97 Å². The fraction of sp³-hybridized carbons (Fsp3) is 0.588. The van der Waals surface area contributed by atoms with Gasteiger partial charge in [-0.15, -0.1) is 0 Å². The lowest BCUT2D eigenvalue weighted by molar-refractivity contribution is -0.141. The van der Waals surface area contributed by atoms with Gasteiger partial charge in [-0.25, -0.2) is 0 Å². The summed E-state index contributed by atoms with van der Waals surface area (Å²) in [6, 6.07) is 11.3. The van der Waals surface area contributed by atoms with Crippen molar-refractivity contribution in [1.29, 1.82) is 0 Å². The fourth-order valence-electron chi connectivity index (χ4n) is 3.23. The number of rotatable bonds is 5. The van der Waals surface area contributed by atoms with Gasteiger partial charge in [0, 0.05) is 12.6 Å². The third-order valence-corrected chi connectivity index (χ3v) is 4.57. The van der Waals surface area contributed by atoms with Gasteiger partial charge in [-0.05, 0) is 44.2 Å². The Bertz CT molecular complexity index is 424. The number of nitrogens with zero attached hydrogens (tertiary/aromatic N) is 1. The van der Waals surface area contributed by atoms with Gasteiger partial charge in [0.2, 0.25) is 0 Å². The standard InChI is InChI=1S/C17H25NO2/c1-13(17(19)20)12-18(2)16-10-8-15(9-11-16)14-6-4-3-5-7-14/h3-7,13,15-16H,8-12H2,1-2H3,(H,19,20). The van der Waals surface area contributed by atoms with E-state index in [1.54, 1.807) is 6.92 Å². The summed E-state index contributed by atoms with van der Waals surface area (Å²) >= 11 is 0. The smallest absolute Gasteiger partial charge is 0.307 e. The molecule has 1 aliphatic rings. The van der Waals surface area contributed by atoms with Gasteiger partial charge in [0.1, 0.15) is 0 Å². The second-order valence-corrected chi connectivity index (χ2v) is 6.09. The van der Waals surface area contributed by atoms with Crippen LogP contribution in [0.25, 0.3) is 0 Å². The number of hydrogen-bond donors (Lipinski definition) is 1. The Balaban J connectivity index is 1.83. The van der Waals surface area contributed by atoms with Crippen molar-refractivity contribution in [2.45, 2.75) is 44.6 Å². The van der Waals surface area contributed by atoms with Gasteiger partial charge in [0.25, 0.3) is 0 Å². The number of aliphatic carboxylic acids is 1. The van der Waals surface area contributed by atoms with Crippen LogP contribution in [-0.2, 0) is 4.79 Å². The predicted molar refractivity (Wildman–Crippen MR) is 80.9 cm³/mol. The molecule has 1 aliphatic carbocycles. The zero-order valence-corrected chi connectivity index (χ0v) is 12.5. The van der Waals surface area contributed by atoms with Gasteiger partial charge in [-0.1, -0.05) is 37.3 Å². The average molecular weight is 275 g/mol. The first-order valence-electron chi connectivity index (χ1n) is 7.56. The zero-order valence-electron chi connectivity index (χ0n) is 12.5. The molecule has 2 rings (SSSR count). The summed E-state index contributed by atoms with van der Waals surface area (Å²) in [5.74, 6) is -0.306. The van der Waals surface area contributed by atoms with Crippen molar-refractivity contribution in [3.05, 3.63) is 35.9 Å². The normalized spacial score (nSPS) is 24.6. The molecule has 1 unspecified atom stereocenters. The van der Waals surface area contributed by atoms with E-state index < -0.39 is 5.97 Å². The highest BCUT2D eigenvalue weighted by Crippen LogP contribution is 2.34. The van der Waals surface area contributed by atoms with E-state index in [0.717, 1.165) is 0 Å². The van der Waals surface area contributed by atoms with Crippen LogP contribution in [0.4, 0.5) is 0 Å². The van der Waals surface area contributed by atoms with Crippen LogP contribution in [0.5, 0.6) is 0 Å². The summed E-state index contributed by atoms with van der Waals surface area (Å²) in [4.78, 5) is 13.2. The molecule has 0 aliphatic heterocycles. The summed E-state index contributed by atoms with van der Waals surface area (Å²) in [7, 11) is 2.06. The maximum absolute atomic E-state index is 10.9. The van der Waals surface area contributed by atoms with Crippen molar-refractivity contribution in [3.63, 3.8) is 0 Å². The first-order chi connectivity index (χ1) is 9.58. The van der Waals surface area contributed by atoms with E-state index in [0.29, 0.717) is 18.5 Å². The van der Waals surface area contributed by atoms with Crippen molar-refractivity contribution in [2.75, 3.05) is 13.6 Å². The van der Waals surface area contributed by atoms with Crippen LogP contribution in [0.3, 0.4) is 0 Å². The Morgan fingerprint density at radius 3 is 2.40 bits per heavy atom. The van der Waals surface area contributed by atoms with Gasteiger partial charge < -0.3 is 10.0 Å². The third-order valence-electron chi connectivity index (χ3n) is 4.57. The van der Waals surface area contributed by atoms with E-state index in [2.05, 4.69) is 42.3 Å². The van der Waals surface area contributed by atoms with E-state index in [1.807, 2.05) is 0 Å². The minimum atomic E-state index is -0.699.